The molecule has 0 aliphatic carbocycles. The van der Waals surface area contributed by atoms with Gasteiger partial charge in [0.2, 0.25) is 11.8 Å². The average Bonchev–Trinajstić information content (AvgIpc) is 3.20. The van der Waals surface area contributed by atoms with E-state index in [4.69, 9.17) is 11.6 Å². The van der Waals surface area contributed by atoms with Crippen molar-refractivity contribution < 1.29 is 32.7 Å². The lowest BCUT2D eigenvalue weighted by Gasteiger charge is -2.43. The van der Waals surface area contributed by atoms with Crippen LogP contribution < -0.4 is 10.6 Å². The van der Waals surface area contributed by atoms with Gasteiger partial charge in [0.25, 0.3) is 0 Å². The molecule has 1 aromatic rings. The number of rotatable bonds is 11. The van der Waals surface area contributed by atoms with Crippen LogP contribution in [0, 0.1) is 34.5 Å². The summed E-state index contributed by atoms with van der Waals surface area (Å²) < 4.78 is 42.9. The largest absolute Gasteiger partial charge is 0.422 e. The van der Waals surface area contributed by atoms with E-state index in [1.807, 2.05) is 6.07 Å². The predicted octanol–water partition coefficient (Wildman–Crippen LogP) is 4.27. The molecule has 37 heavy (non-hydrogen) atoms. The van der Waals surface area contributed by atoms with E-state index in [9.17, 15) is 37.9 Å². The van der Waals surface area contributed by atoms with Gasteiger partial charge >= 0.3 is 6.18 Å². The van der Waals surface area contributed by atoms with Crippen molar-refractivity contribution in [1.29, 1.82) is 5.26 Å². The zero-order chi connectivity index (χ0) is 28.2. The van der Waals surface area contributed by atoms with E-state index in [0.717, 1.165) is 26.0 Å². The minimum atomic E-state index is -5.22. The standard InChI is InChI=1S/C26H33ClF3N3O4/c1-15(2)11-17(23(36)33-20(14-31)12-16-9-10-32-22(16)35)13-21(34)24(3,4)25(37,26(28,29)30)18-5-7-19(27)8-6-18/h5-8,15-17,20,37H,9-13H2,1-4H3,(H,32,35)(H,33,36). The number of amides is 2. The van der Waals surface area contributed by atoms with Gasteiger partial charge in [0.05, 0.1) is 11.5 Å². The van der Waals surface area contributed by atoms with Crippen LogP contribution in [0.3, 0.4) is 0 Å². The Labute approximate surface area is 219 Å². The molecule has 1 aromatic carbocycles. The zero-order valence-corrected chi connectivity index (χ0v) is 22.0. The highest BCUT2D eigenvalue weighted by molar-refractivity contribution is 6.30. The van der Waals surface area contributed by atoms with Gasteiger partial charge in [-0.05, 0) is 56.7 Å². The number of aliphatic hydroxyl groups is 1. The first-order chi connectivity index (χ1) is 17.0. The highest BCUT2D eigenvalue weighted by atomic mass is 35.5. The van der Waals surface area contributed by atoms with E-state index in [2.05, 4.69) is 10.6 Å². The number of nitriles is 1. The molecule has 0 saturated carbocycles. The number of benzene rings is 1. The van der Waals surface area contributed by atoms with Crippen molar-refractivity contribution in [3.8, 4) is 6.07 Å². The summed E-state index contributed by atoms with van der Waals surface area (Å²) in [6, 6.07) is 5.35. The molecule has 2 rings (SSSR count). The Morgan fingerprint density at radius 1 is 1.24 bits per heavy atom. The fourth-order valence-electron chi connectivity index (χ4n) is 4.69. The molecule has 7 nitrogen and oxygen atoms in total. The zero-order valence-electron chi connectivity index (χ0n) is 21.3. The third-order valence-corrected chi connectivity index (χ3v) is 7.24. The second-order valence-corrected chi connectivity index (χ2v) is 10.9. The third-order valence-electron chi connectivity index (χ3n) is 6.99. The molecule has 4 atom stereocenters. The minimum Gasteiger partial charge on any atom is -0.376 e. The van der Waals surface area contributed by atoms with Gasteiger partial charge in [-0.1, -0.05) is 37.6 Å². The number of nitrogens with one attached hydrogen (secondary N) is 2. The van der Waals surface area contributed by atoms with Crippen LogP contribution in [0.2, 0.25) is 5.02 Å². The van der Waals surface area contributed by atoms with Crippen molar-refractivity contribution in [3.05, 3.63) is 34.9 Å². The second kappa shape index (κ2) is 11.8. The molecule has 2 amide bonds. The minimum absolute atomic E-state index is 0.0896. The van der Waals surface area contributed by atoms with Crippen LogP contribution in [-0.2, 0) is 20.0 Å². The average molecular weight is 544 g/mol. The number of hydrogen-bond acceptors (Lipinski definition) is 5. The highest BCUT2D eigenvalue weighted by Crippen LogP contribution is 2.52. The van der Waals surface area contributed by atoms with Crippen molar-refractivity contribution >= 4 is 29.2 Å². The quantitative estimate of drug-likeness (QED) is 0.385. The van der Waals surface area contributed by atoms with Crippen molar-refractivity contribution in [2.45, 2.75) is 71.2 Å². The molecule has 1 fully saturated rings. The third kappa shape index (κ3) is 6.82. The Morgan fingerprint density at radius 2 is 1.84 bits per heavy atom. The fourth-order valence-corrected chi connectivity index (χ4v) is 4.82. The van der Waals surface area contributed by atoms with Crippen LogP contribution in [-0.4, -0.2) is 41.5 Å². The summed E-state index contributed by atoms with van der Waals surface area (Å²) in [5.41, 5.74) is -6.47. The summed E-state index contributed by atoms with van der Waals surface area (Å²) in [6.45, 7) is 6.06. The maximum Gasteiger partial charge on any atom is 0.422 e. The van der Waals surface area contributed by atoms with E-state index in [-0.39, 0.29) is 29.7 Å². The van der Waals surface area contributed by atoms with E-state index in [1.165, 1.54) is 12.1 Å². The first-order valence-corrected chi connectivity index (χ1v) is 12.5. The van der Waals surface area contributed by atoms with Crippen LogP contribution in [0.4, 0.5) is 13.2 Å². The van der Waals surface area contributed by atoms with Crippen molar-refractivity contribution in [3.63, 3.8) is 0 Å². The van der Waals surface area contributed by atoms with Crippen LogP contribution in [0.5, 0.6) is 0 Å². The first-order valence-electron chi connectivity index (χ1n) is 12.1. The predicted molar refractivity (Wildman–Crippen MR) is 131 cm³/mol. The van der Waals surface area contributed by atoms with Crippen molar-refractivity contribution in [1.82, 2.24) is 10.6 Å². The van der Waals surface area contributed by atoms with Gasteiger partial charge in [-0.25, -0.2) is 0 Å². The van der Waals surface area contributed by atoms with Gasteiger partial charge < -0.3 is 15.7 Å². The highest BCUT2D eigenvalue weighted by Gasteiger charge is 2.65. The SMILES string of the molecule is CC(C)CC(CC(=O)C(C)(C)C(O)(c1ccc(Cl)cc1)C(F)(F)F)C(=O)NC(C#N)CC1CCNC1=O. The van der Waals surface area contributed by atoms with Gasteiger partial charge in [-0.3, -0.25) is 14.4 Å². The topological polar surface area (TPSA) is 119 Å². The lowest BCUT2D eigenvalue weighted by atomic mass is 9.66. The summed E-state index contributed by atoms with van der Waals surface area (Å²) >= 11 is 5.80. The maximum atomic E-state index is 14.3. The smallest absolute Gasteiger partial charge is 0.376 e. The summed E-state index contributed by atoms with van der Waals surface area (Å²) in [7, 11) is 0. The normalized spacial score (nSPS) is 19.5. The Hall–Kier alpha value is -2.64. The molecule has 4 unspecified atom stereocenters. The number of Topliss-reactive ketones (excluding diaryl/α,β-unsaturated/α-hetero) is 1. The van der Waals surface area contributed by atoms with Gasteiger partial charge in [0.15, 0.2) is 5.60 Å². The fraction of sp³-hybridized carbons (Fsp3) is 0.615. The van der Waals surface area contributed by atoms with Crippen molar-refractivity contribution in [2.75, 3.05) is 6.54 Å². The lowest BCUT2D eigenvalue weighted by Crippen LogP contribution is -2.57. The van der Waals surface area contributed by atoms with E-state index < -0.39 is 58.7 Å². The Balaban J connectivity index is 2.30. The number of alkyl halides is 3. The number of ketones is 1. The van der Waals surface area contributed by atoms with Crippen LogP contribution >= 0.6 is 11.6 Å². The summed E-state index contributed by atoms with van der Waals surface area (Å²) in [5, 5.41) is 25.9. The molecule has 0 spiro atoms. The van der Waals surface area contributed by atoms with Crippen LogP contribution in [0.15, 0.2) is 24.3 Å². The molecule has 3 N–H and O–H groups in total. The van der Waals surface area contributed by atoms with E-state index in [0.29, 0.717) is 13.0 Å². The molecular weight excluding hydrogens is 511 g/mol. The first kappa shape index (κ1) is 30.6. The van der Waals surface area contributed by atoms with E-state index >= 15 is 0 Å². The summed E-state index contributed by atoms with van der Waals surface area (Å²) in [6.07, 6.45) is -5.02. The summed E-state index contributed by atoms with van der Waals surface area (Å²) in [4.78, 5) is 38.3. The van der Waals surface area contributed by atoms with Gasteiger partial charge in [-0.2, -0.15) is 18.4 Å². The number of halogens is 4. The second-order valence-electron chi connectivity index (χ2n) is 10.5. The number of carbonyl (C=O) groups excluding carboxylic acids is 3. The number of hydrogen-bond donors (Lipinski definition) is 3. The maximum absolute atomic E-state index is 14.3. The summed E-state index contributed by atoms with van der Waals surface area (Å²) in [5.74, 6) is -3.40. The van der Waals surface area contributed by atoms with Crippen LogP contribution in [0.1, 0.15) is 58.9 Å². The Kier molecular flexibility index (Phi) is 9.77. The molecule has 1 aliphatic rings. The van der Waals surface area contributed by atoms with Crippen molar-refractivity contribution in [2.24, 2.45) is 23.2 Å². The lowest BCUT2D eigenvalue weighted by molar-refractivity contribution is -0.299. The number of carbonyl (C=O) groups is 3. The van der Waals surface area contributed by atoms with Gasteiger partial charge in [0.1, 0.15) is 11.8 Å². The molecule has 1 saturated heterocycles. The van der Waals surface area contributed by atoms with Gasteiger partial charge in [0, 0.05) is 29.8 Å². The molecule has 0 aromatic heterocycles. The Bertz CT molecular complexity index is 1040. The molecule has 11 heteroatoms. The monoisotopic (exact) mass is 543 g/mol. The Morgan fingerprint density at radius 3 is 2.30 bits per heavy atom. The molecule has 204 valence electrons. The van der Waals surface area contributed by atoms with Gasteiger partial charge in [-0.15, -0.1) is 0 Å². The molecule has 1 aliphatic heterocycles. The molecule has 0 bridgehead atoms. The number of nitrogens with zero attached hydrogens (tertiary/aromatic N) is 1. The molecule has 1 heterocycles. The molecule has 0 radical (unpaired) electrons. The van der Waals surface area contributed by atoms with E-state index in [1.54, 1.807) is 13.8 Å². The van der Waals surface area contributed by atoms with Crippen LogP contribution in [0.25, 0.3) is 0 Å². The molecular formula is C26H33ClF3N3O4.